The molecule has 0 spiro atoms. The maximum absolute atomic E-state index is 12.9. The highest BCUT2D eigenvalue weighted by Crippen LogP contribution is 2.54. The standard InChI is InChI=1S/C17H27O10P/c1-5-7-9-24-16-14-13(26-17(19)27-14)11(25-16)10-12(15(18)23-8-6-2)28(20,21-3)22-4/h6,11-14,16H,2,5,7-10H2,1,3-4H3/t11-,12?,13-,14-,16-/m1/s1. The Bertz CT molecular complexity index is 601. The summed E-state index contributed by atoms with van der Waals surface area (Å²) in [7, 11) is -1.50. The molecule has 2 aliphatic heterocycles. The molecule has 10 nitrogen and oxygen atoms in total. The fourth-order valence-electron chi connectivity index (χ4n) is 3.02. The van der Waals surface area contributed by atoms with Crippen LogP contribution in [0.2, 0.25) is 0 Å². The quantitative estimate of drug-likeness (QED) is 0.201. The molecule has 5 atom stereocenters. The third-order valence-corrected chi connectivity index (χ3v) is 6.68. The van der Waals surface area contributed by atoms with E-state index >= 15 is 0 Å². The number of hydrogen-bond donors (Lipinski definition) is 0. The maximum atomic E-state index is 12.9. The van der Waals surface area contributed by atoms with Gasteiger partial charge in [-0.3, -0.25) is 9.36 Å². The fraction of sp³-hybridized carbons (Fsp3) is 0.765. The van der Waals surface area contributed by atoms with E-state index in [1.54, 1.807) is 0 Å². The molecule has 28 heavy (non-hydrogen) atoms. The van der Waals surface area contributed by atoms with Crippen LogP contribution in [0, 0.1) is 0 Å². The van der Waals surface area contributed by atoms with Crippen molar-refractivity contribution in [3.05, 3.63) is 12.7 Å². The highest BCUT2D eigenvalue weighted by Gasteiger charge is 2.57. The minimum Gasteiger partial charge on any atom is -0.461 e. The van der Waals surface area contributed by atoms with Crippen molar-refractivity contribution >= 4 is 19.7 Å². The number of ether oxygens (including phenoxy) is 5. The number of esters is 1. The summed E-state index contributed by atoms with van der Waals surface area (Å²) < 4.78 is 49.6. The van der Waals surface area contributed by atoms with E-state index in [-0.39, 0.29) is 13.0 Å². The molecule has 0 radical (unpaired) electrons. The van der Waals surface area contributed by atoms with Gasteiger partial charge in [-0.25, -0.2) is 4.79 Å². The first-order chi connectivity index (χ1) is 13.4. The molecule has 2 aliphatic rings. The van der Waals surface area contributed by atoms with Crippen LogP contribution in [0.3, 0.4) is 0 Å². The summed E-state index contributed by atoms with van der Waals surface area (Å²) in [4.78, 5) is 24.1. The normalized spacial score (nSPS) is 27.6. The summed E-state index contributed by atoms with van der Waals surface area (Å²) in [6, 6.07) is 0. The van der Waals surface area contributed by atoms with Crippen molar-refractivity contribution < 1.29 is 46.9 Å². The molecule has 2 saturated heterocycles. The lowest BCUT2D eigenvalue weighted by Gasteiger charge is -2.25. The Morgan fingerprint density at radius 2 is 1.96 bits per heavy atom. The van der Waals surface area contributed by atoms with Crippen LogP contribution in [-0.2, 0) is 42.1 Å². The Kier molecular flexibility index (Phi) is 8.45. The summed E-state index contributed by atoms with van der Waals surface area (Å²) in [5.41, 5.74) is -1.29. The van der Waals surface area contributed by atoms with Gasteiger partial charge in [0.15, 0.2) is 24.2 Å². The number of carbonyl (C=O) groups is 2. The first kappa shape index (κ1) is 22.8. The van der Waals surface area contributed by atoms with Gasteiger partial charge in [0, 0.05) is 27.2 Å². The van der Waals surface area contributed by atoms with Gasteiger partial charge < -0.3 is 32.7 Å². The van der Waals surface area contributed by atoms with Crippen molar-refractivity contribution in [2.75, 3.05) is 27.4 Å². The van der Waals surface area contributed by atoms with Crippen molar-refractivity contribution in [1.29, 1.82) is 0 Å². The van der Waals surface area contributed by atoms with Gasteiger partial charge in [0.1, 0.15) is 12.7 Å². The summed E-state index contributed by atoms with van der Waals surface area (Å²) in [5.74, 6) is -0.798. The predicted molar refractivity (Wildman–Crippen MR) is 95.8 cm³/mol. The van der Waals surface area contributed by atoms with E-state index in [0.717, 1.165) is 12.8 Å². The maximum Gasteiger partial charge on any atom is 0.509 e. The average Bonchev–Trinajstić information content (AvgIpc) is 3.22. The Labute approximate surface area is 163 Å². The van der Waals surface area contributed by atoms with Crippen LogP contribution in [0.4, 0.5) is 4.79 Å². The molecule has 160 valence electrons. The van der Waals surface area contributed by atoms with E-state index in [1.165, 1.54) is 20.3 Å². The molecule has 2 fully saturated rings. The van der Waals surface area contributed by atoms with Crippen LogP contribution in [0.15, 0.2) is 12.7 Å². The zero-order valence-corrected chi connectivity index (χ0v) is 17.1. The van der Waals surface area contributed by atoms with Crippen LogP contribution in [-0.4, -0.2) is 69.8 Å². The largest absolute Gasteiger partial charge is 0.509 e. The third-order valence-electron chi connectivity index (χ3n) is 4.47. The molecule has 0 aliphatic carbocycles. The third kappa shape index (κ3) is 5.12. The molecular weight excluding hydrogens is 395 g/mol. The van der Waals surface area contributed by atoms with Gasteiger partial charge in [0.25, 0.3) is 0 Å². The lowest BCUT2D eigenvalue weighted by Crippen LogP contribution is -2.35. The van der Waals surface area contributed by atoms with Crippen molar-refractivity contribution in [3.8, 4) is 0 Å². The van der Waals surface area contributed by atoms with E-state index in [2.05, 4.69) is 6.58 Å². The van der Waals surface area contributed by atoms with E-state index in [9.17, 15) is 14.2 Å². The molecule has 0 aromatic heterocycles. The van der Waals surface area contributed by atoms with Crippen LogP contribution in [0.25, 0.3) is 0 Å². The highest BCUT2D eigenvalue weighted by atomic mass is 31.2. The summed E-state index contributed by atoms with van der Waals surface area (Å²) >= 11 is 0. The topological polar surface area (TPSA) is 116 Å². The monoisotopic (exact) mass is 422 g/mol. The zero-order chi connectivity index (χ0) is 20.7. The van der Waals surface area contributed by atoms with Gasteiger partial charge in [-0.15, -0.1) is 0 Å². The second kappa shape index (κ2) is 10.4. The molecular formula is C17H27O10P. The van der Waals surface area contributed by atoms with Crippen molar-refractivity contribution in [1.82, 2.24) is 0 Å². The first-order valence-corrected chi connectivity index (χ1v) is 10.6. The molecule has 0 bridgehead atoms. The van der Waals surface area contributed by atoms with Crippen LogP contribution >= 0.6 is 7.60 Å². The van der Waals surface area contributed by atoms with E-state index in [0.29, 0.717) is 6.61 Å². The van der Waals surface area contributed by atoms with Gasteiger partial charge in [0.05, 0.1) is 0 Å². The van der Waals surface area contributed by atoms with Gasteiger partial charge in [0.2, 0.25) is 0 Å². The van der Waals surface area contributed by atoms with Crippen molar-refractivity contribution in [2.45, 2.75) is 56.4 Å². The van der Waals surface area contributed by atoms with Crippen LogP contribution in [0.1, 0.15) is 26.2 Å². The van der Waals surface area contributed by atoms with Crippen molar-refractivity contribution in [3.63, 3.8) is 0 Å². The molecule has 0 N–H and O–H groups in total. The minimum absolute atomic E-state index is 0.0683. The first-order valence-electron chi connectivity index (χ1n) is 9.03. The zero-order valence-electron chi connectivity index (χ0n) is 16.2. The summed E-state index contributed by atoms with van der Waals surface area (Å²) in [6.45, 7) is 5.82. The Hall–Kier alpha value is -1.45. The second-order valence-electron chi connectivity index (χ2n) is 6.26. The average molecular weight is 422 g/mol. The lowest BCUT2D eigenvalue weighted by atomic mass is 10.1. The van der Waals surface area contributed by atoms with Crippen LogP contribution < -0.4 is 0 Å². The molecule has 11 heteroatoms. The molecule has 1 unspecified atom stereocenters. The van der Waals surface area contributed by atoms with E-state index in [1.807, 2.05) is 6.92 Å². The smallest absolute Gasteiger partial charge is 0.461 e. The molecule has 0 aromatic carbocycles. The van der Waals surface area contributed by atoms with Gasteiger partial charge in [-0.1, -0.05) is 26.0 Å². The van der Waals surface area contributed by atoms with Crippen molar-refractivity contribution in [2.24, 2.45) is 0 Å². The lowest BCUT2D eigenvalue weighted by molar-refractivity contribution is -0.170. The fourth-order valence-corrected chi connectivity index (χ4v) is 4.47. The highest BCUT2D eigenvalue weighted by molar-refractivity contribution is 7.55. The predicted octanol–water partition coefficient (Wildman–Crippen LogP) is 2.41. The van der Waals surface area contributed by atoms with Crippen LogP contribution in [0.5, 0.6) is 0 Å². The summed E-state index contributed by atoms with van der Waals surface area (Å²) in [5, 5.41) is 0. The van der Waals surface area contributed by atoms with Gasteiger partial charge in [-0.05, 0) is 6.42 Å². The SMILES string of the molecule is C=CCOC(=O)C(C[C@H]1O[C@@H](OCCCC)[C@@H]2OC(=O)O[C@@H]21)P(=O)(OC)OC. The second-order valence-corrected chi connectivity index (χ2v) is 8.69. The molecule has 2 rings (SSSR count). The Morgan fingerprint density at radius 3 is 2.57 bits per heavy atom. The number of fused-ring (bicyclic) bond motifs is 1. The minimum atomic E-state index is -3.85. The molecule has 0 saturated carbocycles. The number of hydrogen-bond acceptors (Lipinski definition) is 10. The van der Waals surface area contributed by atoms with E-state index < -0.39 is 50.0 Å². The van der Waals surface area contributed by atoms with E-state index in [4.69, 9.17) is 32.7 Å². The Balaban J connectivity index is 2.17. The summed E-state index contributed by atoms with van der Waals surface area (Å²) in [6.07, 6.45) is -1.13. The Morgan fingerprint density at radius 1 is 1.29 bits per heavy atom. The van der Waals surface area contributed by atoms with Gasteiger partial charge >= 0.3 is 19.7 Å². The van der Waals surface area contributed by atoms with Gasteiger partial charge in [-0.2, -0.15) is 0 Å². The molecule has 0 amide bonds. The molecule has 2 heterocycles. The number of carbonyl (C=O) groups excluding carboxylic acids is 2. The molecule has 0 aromatic rings. The number of unbranched alkanes of at least 4 members (excludes halogenated alkanes) is 1. The number of rotatable bonds is 12.